The highest BCUT2D eigenvalue weighted by Crippen LogP contribution is 2.17. The van der Waals surface area contributed by atoms with Gasteiger partial charge in [-0.15, -0.1) is 0 Å². The molecule has 3 aromatic carbocycles. The summed E-state index contributed by atoms with van der Waals surface area (Å²) < 4.78 is 6.69. The fourth-order valence-electron chi connectivity index (χ4n) is 2.18. The Balaban J connectivity index is 1.59. The predicted octanol–water partition coefficient (Wildman–Crippen LogP) is 5.28. The molecule has 0 spiro atoms. The van der Waals surface area contributed by atoms with Gasteiger partial charge in [-0.1, -0.05) is 46.3 Å². The molecular formula is C20H16BrNO2. The third-order valence-corrected chi connectivity index (χ3v) is 4.00. The number of carbonyl (C=O) groups is 1. The van der Waals surface area contributed by atoms with Crippen molar-refractivity contribution in [2.24, 2.45) is 0 Å². The van der Waals surface area contributed by atoms with Crippen molar-refractivity contribution in [3.63, 3.8) is 0 Å². The molecule has 1 amide bonds. The summed E-state index contributed by atoms with van der Waals surface area (Å²) in [6.45, 7) is 0.505. The Kier molecular flexibility index (Phi) is 5.29. The number of carbonyl (C=O) groups excluding carboxylic acids is 1. The van der Waals surface area contributed by atoms with Gasteiger partial charge in [0.15, 0.2) is 0 Å². The standard InChI is InChI=1S/C20H16BrNO2/c21-17-8-10-18(11-9-17)22-20(23)16-6-12-19(13-7-16)24-14-15-4-2-1-3-5-15/h1-13H,14H2,(H,22,23). The van der Waals surface area contributed by atoms with Crippen LogP contribution in [0.4, 0.5) is 5.69 Å². The lowest BCUT2D eigenvalue weighted by Gasteiger charge is -2.08. The number of amides is 1. The first-order valence-corrected chi connectivity index (χ1v) is 8.34. The van der Waals surface area contributed by atoms with Crippen molar-refractivity contribution in [2.45, 2.75) is 6.61 Å². The molecule has 24 heavy (non-hydrogen) atoms. The molecule has 0 aliphatic rings. The monoisotopic (exact) mass is 381 g/mol. The van der Waals surface area contributed by atoms with E-state index in [1.807, 2.05) is 54.6 Å². The molecule has 3 nitrogen and oxygen atoms in total. The number of ether oxygens (including phenoxy) is 1. The van der Waals surface area contributed by atoms with E-state index in [4.69, 9.17) is 4.74 Å². The van der Waals surface area contributed by atoms with Crippen LogP contribution in [0, 0.1) is 0 Å². The van der Waals surface area contributed by atoms with E-state index >= 15 is 0 Å². The molecular weight excluding hydrogens is 366 g/mol. The molecule has 0 radical (unpaired) electrons. The zero-order valence-corrected chi connectivity index (χ0v) is 14.5. The molecule has 3 aromatic rings. The highest BCUT2D eigenvalue weighted by molar-refractivity contribution is 9.10. The van der Waals surface area contributed by atoms with Crippen LogP contribution in [0.3, 0.4) is 0 Å². The smallest absolute Gasteiger partial charge is 0.255 e. The maximum Gasteiger partial charge on any atom is 0.255 e. The van der Waals surface area contributed by atoms with Crippen LogP contribution >= 0.6 is 15.9 Å². The van der Waals surface area contributed by atoms with Gasteiger partial charge in [0.25, 0.3) is 5.91 Å². The second-order valence-corrected chi connectivity index (χ2v) is 6.18. The first-order chi connectivity index (χ1) is 11.7. The lowest BCUT2D eigenvalue weighted by Crippen LogP contribution is -2.11. The summed E-state index contributed by atoms with van der Waals surface area (Å²) in [4.78, 5) is 12.2. The number of hydrogen-bond acceptors (Lipinski definition) is 2. The van der Waals surface area contributed by atoms with Crippen LogP contribution < -0.4 is 10.1 Å². The number of anilines is 1. The van der Waals surface area contributed by atoms with Crippen LogP contribution in [0.5, 0.6) is 5.75 Å². The third-order valence-electron chi connectivity index (χ3n) is 3.47. The Morgan fingerprint density at radius 1 is 0.875 bits per heavy atom. The summed E-state index contributed by atoms with van der Waals surface area (Å²) in [5, 5.41) is 2.86. The van der Waals surface area contributed by atoms with Crippen LogP contribution in [-0.4, -0.2) is 5.91 Å². The van der Waals surface area contributed by atoms with E-state index in [0.717, 1.165) is 21.5 Å². The predicted molar refractivity (Wildman–Crippen MR) is 99.3 cm³/mol. The fraction of sp³-hybridized carbons (Fsp3) is 0.0500. The minimum absolute atomic E-state index is 0.146. The van der Waals surface area contributed by atoms with E-state index < -0.39 is 0 Å². The molecule has 0 saturated heterocycles. The van der Waals surface area contributed by atoms with Crippen LogP contribution in [-0.2, 0) is 6.61 Å². The molecule has 0 unspecified atom stereocenters. The van der Waals surface area contributed by atoms with Crippen molar-refractivity contribution < 1.29 is 9.53 Å². The Hall–Kier alpha value is -2.59. The average molecular weight is 382 g/mol. The Labute approximate surface area is 149 Å². The van der Waals surface area contributed by atoms with Gasteiger partial charge in [-0.3, -0.25) is 4.79 Å². The Bertz CT molecular complexity index is 799. The number of hydrogen-bond donors (Lipinski definition) is 1. The van der Waals surface area contributed by atoms with Crippen molar-refractivity contribution in [3.05, 3.63) is 94.5 Å². The second kappa shape index (κ2) is 7.79. The molecule has 0 atom stereocenters. The van der Waals surface area contributed by atoms with Crippen LogP contribution in [0.15, 0.2) is 83.3 Å². The molecule has 0 saturated carbocycles. The summed E-state index contributed by atoms with van der Waals surface area (Å²) >= 11 is 3.37. The SMILES string of the molecule is O=C(Nc1ccc(Br)cc1)c1ccc(OCc2ccccc2)cc1. The second-order valence-electron chi connectivity index (χ2n) is 5.26. The lowest BCUT2D eigenvalue weighted by atomic mass is 10.2. The van der Waals surface area contributed by atoms with Gasteiger partial charge in [0, 0.05) is 15.7 Å². The van der Waals surface area contributed by atoms with Gasteiger partial charge >= 0.3 is 0 Å². The van der Waals surface area contributed by atoms with Crippen LogP contribution in [0.1, 0.15) is 15.9 Å². The van der Waals surface area contributed by atoms with E-state index in [1.54, 1.807) is 24.3 Å². The van der Waals surface area contributed by atoms with Crippen molar-refractivity contribution in [2.75, 3.05) is 5.32 Å². The van der Waals surface area contributed by atoms with E-state index in [1.165, 1.54) is 0 Å². The quantitative estimate of drug-likeness (QED) is 0.652. The van der Waals surface area contributed by atoms with E-state index in [-0.39, 0.29) is 5.91 Å². The molecule has 0 fully saturated rings. The zero-order valence-electron chi connectivity index (χ0n) is 12.9. The molecule has 0 bridgehead atoms. The van der Waals surface area contributed by atoms with Crippen molar-refractivity contribution >= 4 is 27.5 Å². The van der Waals surface area contributed by atoms with Gasteiger partial charge in [0.05, 0.1) is 0 Å². The zero-order chi connectivity index (χ0) is 16.8. The van der Waals surface area contributed by atoms with Gasteiger partial charge in [-0.2, -0.15) is 0 Å². The molecule has 0 aliphatic carbocycles. The van der Waals surface area contributed by atoms with Crippen molar-refractivity contribution in [1.82, 2.24) is 0 Å². The molecule has 4 heteroatoms. The minimum atomic E-state index is -0.146. The van der Waals surface area contributed by atoms with Gasteiger partial charge in [0.1, 0.15) is 12.4 Å². The summed E-state index contributed by atoms with van der Waals surface area (Å²) in [6, 6.07) is 24.6. The maximum absolute atomic E-state index is 12.2. The van der Waals surface area contributed by atoms with E-state index in [9.17, 15) is 4.79 Å². The summed E-state index contributed by atoms with van der Waals surface area (Å²) in [5.41, 5.74) is 2.45. The fourth-order valence-corrected chi connectivity index (χ4v) is 2.44. The minimum Gasteiger partial charge on any atom is -0.489 e. The number of rotatable bonds is 5. The normalized spacial score (nSPS) is 10.2. The van der Waals surface area contributed by atoms with Gasteiger partial charge in [-0.25, -0.2) is 0 Å². The first-order valence-electron chi connectivity index (χ1n) is 7.54. The third kappa shape index (κ3) is 4.46. The molecule has 120 valence electrons. The van der Waals surface area contributed by atoms with Gasteiger partial charge < -0.3 is 10.1 Å². The van der Waals surface area contributed by atoms with Gasteiger partial charge in [-0.05, 0) is 54.1 Å². The number of halogens is 1. The molecule has 0 aliphatic heterocycles. The van der Waals surface area contributed by atoms with Crippen LogP contribution in [0.25, 0.3) is 0 Å². The Morgan fingerprint density at radius 2 is 1.54 bits per heavy atom. The molecule has 1 N–H and O–H groups in total. The summed E-state index contributed by atoms with van der Waals surface area (Å²) in [5.74, 6) is 0.589. The number of benzene rings is 3. The van der Waals surface area contributed by atoms with E-state index in [0.29, 0.717) is 12.2 Å². The van der Waals surface area contributed by atoms with Crippen molar-refractivity contribution in [3.8, 4) is 5.75 Å². The van der Waals surface area contributed by atoms with Crippen LogP contribution in [0.2, 0.25) is 0 Å². The topological polar surface area (TPSA) is 38.3 Å². The van der Waals surface area contributed by atoms with Crippen molar-refractivity contribution in [1.29, 1.82) is 0 Å². The Morgan fingerprint density at radius 3 is 2.21 bits per heavy atom. The van der Waals surface area contributed by atoms with Gasteiger partial charge in [0.2, 0.25) is 0 Å². The lowest BCUT2D eigenvalue weighted by molar-refractivity contribution is 0.102. The summed E-state index contributed by atoms with van der Waals surface area (Å²) in [7, 11) is 0. The average Bonchev–Trinajstić information content (AvgIpc) is 2.63. The largest absolute Gasteiger partial charge is 0.489 e. The summed E-state index contributed by atoms with van der Waals surface area (Å²) in [6.07, 6.45) is 0. The van der Waals surface area contributed by atoms with E-state index in [2.05, 4.69) is 21.2 Å². The molecule has 0 heterocycles. The highest BCUT2D eigenvalue weighted by atomic mass is 79.9. The highest BCUT2D eigenvalue weighted by Gasteiger charge is 2.06. The number of nitrogens with one attached hydrogen (secondary N) is 1. The first kappa shape index (κ1) is 16.3. The molecule has 3 rings (SSSR count). The molecule has 0 aromatic heterocycles. The maximum atomic E-state index is 12.2.